The van der Waals surface area contributed by atoms with Crippen molar-refractivity contribution < 1.29 is 22.1 Å². The van der Waals surface area contributed by atoms with Crippen molar-refractivity contribution in [1.29, 1.82) is 0 Å². The van der Waals surface area contributed by atoms with E-state index < -0.39 is 24.0 Å². The number of halogens is 5. The molecule has 0 aliphatic heterocycles. The lowest BCUT2D eigenvalue weighted by molar-refractivity contribution is 0.459. The molecule has 0 saturated heterocycles. The number of rotatable bonds is 3. The van der Waals surface area contributed by atoms with E-state index in [0.29, 0.717) is 4.47 Å². The molecule has 0 fully saturated rings. The molecule has 1 nitrogen and oxygen atoms in total. The zero-order chi connectivity index (χ0) is 14.0. The van der Waals surface area contributed by atoms with Crippen LogP contribution in [0.1, 0.15) is 0 Å². The molecule has 0 N–H and O–H groups in total. The van der Waals surface area contributed by atoms with E-state index in [-0.39, 0.29) is 5.75 Å². The van der Waals surface area contributed by atoms with Crippen LogP contribution in [-0.4, -0.2) is 6.98 Å². The van der Waals surface area contributed by atoms with Crippen LogP contribution >= 0.6 is 15.9 Å². The van der Waals surface area contributed by atoms with Gasteiger partial charge in [0.05, 0.1) is 10.3 Å². The molecule has 0 saturated carbocycles. The van der Waals surface area contributed by atoms with Crippen molar-refractivity contribution in [3.05, 3.63) is 52.8 Å². The lowest BCUT2D eigenvalue weighted by Gasteiger charge is -2.20. The Morgan fingerprint density at radius 2 is 1.53 bits per heavy atom. The summed E-state index contributed by atoms with van der Waals surface area (Å²) < 4.78 is 57.5. The molecule has 19 heavy (non-hydrogen) atoms. The standard InChI is InChI=1S/C12H7BBrF4O/c14-8-4-1-2-6-10(8)19-11-7-3-5-9(15)12(11)13(16,17)18/h1-7H/q-1. The largest absolute Gasteiger partial charge is 0.516 e. The second-order valence-electron chi connectivity index (χ2n) is 3.76. The predicted molar refractivity (Wildman–Crippen MR) is 69.3 cm³/mol. The van der Waals surface area contributed by atoms with Gasteiger partial charge in [0.2, 0.25) is 0 Å². The molecule has 2 aromatic rings. The molecule has 0 heterocycles. The van der Waals surface area contributed by atoms with Gasteiger partial charge < -0.3 is 17.7 Å². The summed E-state index contributed by atoms with van der Waals surface area (Å²) in [4.78, 5) is 0. The molecule has 0 amide bonds. The average molecular weight is 334 g/mol. The van der Waals surface area contributed by atoms with Gasteiger partial charge in [-0.05, 0) is 45.7 Å². The van der Waals surface area contributed by atoms with Gasteiger partial charge in [0, 0.05) is 0 Å². The maximum Gasteiger partial charge on any atom is 0.516 e. The Hall–Kier alpha value is -1.50. The van der Waals surface area contributed by atoms with Crippen LogP contribution in [0.15, 0.2) is 46.9 Å². The van der Waals surface area contributed by atoms with Gasteiger partial charge in [-0.3, -0.25) is 0 Å². The fourth-order valence-electron chi connectivity index (χ4n) is 1.57. The molecule has 2 aromatic carbocycles. The molecule has 0 aliphatic carbocycles. The summed E-state index contributed by atoms with van der Waals surface area (Å²) in [5.74, 6) is -1.69. The van der Waals surface area contributed by atoms with E-state index in [9.17, 15) is 17.3 Å². The van der Waals surface area contributed by atoms with E-state index in [1.807, 2.05) is 0 Å². The highest BCUT2D eigenvalue weighted by Gasteiger charge is 2.32. The monoisotopic (exact) mass is 333 g/mol. The summed E-state index contributed by atoms with van der Waals surface area (Å²) >= 11 is 3.15. The van der Waals surface area contributed by atoms with Crippen molar-refractivity contribution >= 4 is 28.4 Å². The molecule has 7 heteroatoms. The highest BCUT2D eigenvalue weighted by molar-refractivity contribution is 9.10. The highest BCUT2D eigenvalue weighted by atomic mass is 79.9. The Balaban J connectivity index is 2.47. The van der Waals surface area contributed by atoms with Crippen LogP contribution in [0.5, 0.6) is 11.5 Å². The minimum absolute atomic E-state index is 0.189. The van der Waals surface area contributed by atoms with E-state index in [4.69, 9.17) is 4.74 Å². The van der Waals surface area contributed by atoms with Crippen LogP contribution in [0.25, 0.3) is 0 Å². The van der Waals surface area contributed by atoms with Gasteiger partial charge in [0.25, 0.3) is 0 Å². The van der Waals surface area contributed by atoms with Crippen molar-refractivity contribution in [2.75, 3.05) is 0 Å². The van der Waals surface area contributed by atoms with E-state index in [1.165, 1.54) is 12.1 Å². The molecule has 0 bridgehead atoms. The number of para-hydroxylation sites is 1. The molecular weight excluding hydrogens is 327 g/mol. The maximum absolute atomic E-state index is 13.4. The summed E-state index contributed by atoms with van der Waals surface area (Å²) in [6.45, 7) is -5.49. The van der Waals surface area contributed by atoms with Gasteiger partial charge in [-0.1, -0.05) is 18.2 Å². The highest BCUT2D eigenvalue weighted by Crippen LogP contribution is 2.30. The minimum atomic E-state index is -5.49. The summed E-state index contributed by atoms with van der Waals surface area (Å²) in [5, 5.41) is 0. The van der Waals surface area contributed by atoms with Crippen molar-refractivity contribution in [2.24, 2.45) is 0 Å². The normalized spacial score (nSPS) is 11.4. The smallest absolute Gasteiger partial charge is 0.459 e. The lowest BCUT2D eigenvalue weighted by atomic mass is 9.79. The summed E-state index contributed by atoms with van der Waals surface area (Å²) in [6.07, 6.45) is 0. The number of benzene rings is 2. The Kier molecular flexibility index (Phi) is 3.84. The fraction of sp³-hybridized carbons (Fsp3) is 0. The lowest BCUT2D eigenvalue weighted by Crippen LogP contribution is -2.37. The number of ether oxygens (including phenoxy) is 1. The molecule has 0 aromatic heterocycles. The maximum atomic E-state index is 13.4. The van der Waals surface area contributed by atoms with Gasteiger partial charge in [-0.2, -0.15) is 0 Å². The fourth-order valence-corrected chi connectivity index (χ4v) is 1.94. The zero-order valence-electron chi connectivity index (χ0n) is 9.42. The third-order valence-corrected chi connectivity index (χ3v) is 3.05. The predicted octanol–water partition coefficient (Wildman–Crippen LogP) is 4.43. The van der Waals surface area contributed by atoms with Crippen molar-refractivity contribution in [3.8, 4) is 11.5 Å². The quantitative estimate of drug-likeness (QED) is 0.596. The third-order valence-electron chi connectivity index (χ3n) is 2.40. The van der Waals surface area contributed by atoms with Crippen LogP contribution in [0.3, 0.4) is 0 Å². The Morgan fingerprint density at radius 1 is 0.895 bits per heavy atom. The molecular formula is C12H7BBrF4O-. The first kappa shape index (κ1) is 13.9. The molecule has 0 unspecified atom stereocenters. The first-order chi connectivity index (χ1) is 8.89. The summed E-state index contributed by atoms with van der Waals surface area (Å²) in [7, 11) is 0. The molecule has 0 atom stereocenters. The summed E-state index contributed by atoms with van der Waals surface area (Å²) in [6, 6.07) is 9.43. The van der Waals surface area contributed by atoms with E-state index in [0.717, 1.165) is 12.1 Å². The Morgan fingerprint density at radius 3 is 2.16 bits per heavy atom. The van der Waals surface area contributed by atoms with Crippen molar-refractivity contribution in [3.63, 3.8) is 0 Å². The van der Waals surface area contributed by atoms with Crippen LogP contribution < -0.4 is 10.2 Å². The van der Waals surface area contributed by atoms with Crippen LogP contribution in [0, 0.1) is 5.82 Å². The second-order valence-corrected chi connectivity index (χ2v) is 4.61. The van der Waals surface area contributed by atoms with Crippen LogP contribution in [0.2, 0.25) is 0 Å². The average Bonchev–Trinajstić information content (AvgIpc) is 2.30. The first-order valence-corrected chi connectivity index (χ1v) is 6.09. The van der Waals surface area contributed by atoms with Crippen molar-refractivity contribution in [1.82, 2.24) is 0 Å². The van der Waals surface area contributed by atoms with Crippen LogP contribution in [0.4, 0.5) is 17.3 Å². The van der Waals surface area contributed by atoms with Crippen LogP contribution in [-0.2, 0) is 0 Å². The topological polar surface area (TPSA) is 9.23 Å². The molecule has 0 spiro atoms. The summed E-state index contributed by atoms with van der Waals surface area (Å²) in [5.41, 5.74) is -1.35. The minimum Gasteiger partial charge on any atom is -0.459 e. The van der Waals surface area contributed by atoms with Gasteiger partial charge in [-0.25, -0.2) is 4.39 Å². The molecule has 0 aliphatic rings. The van der Waals surface area contributed by atoms with Gasteiger partial charge in [0.15, 0.2) is 0 Å². The SMILES string of the molecule is Fc1cccc(Oc2ccccc2Br)c1[B-](F)(F)F. The van der Waals surface area contributed by atoms with E-state index >= 15 is 0 Å². The third kappa shape index (κ3) is 3.09. The zero-order valence-corrected chi connectivity index (χ0v) is 11.0. The van der Waals surface area contributed by atoms with Gasteiger partial charge >= 0.3 is 6.98 Å². The van der Waals surface area contributed by atoms with E-state index in [1.54, 1.807) is 18.2 Å². The Labute approximate surface area is 115 Å². The van der Waals surface area contributed by atoms with Crippen molar-refractivity contribution in [2.45, 2.75) is 0 Å². The van der Waals surface area contributed by atoms with Gasteiger partial charge in [-0.15, -0.1) is 0 Å². The first-order valence-electron chi connectivity index (χ1n) is 5.30. The molecule has 100 valence electrons. The van der Waals surface area contributed by atoms with Gasteiger partial charge in [0.1, 0.15) is 11.5 Å². The number of hydrogen-bond acceptors (Lipinski definition) is 1. The Bertz CT molecular complexity index is 601. The molecule has 0 radical (unpaired) electrons. The van der Waals surface area contributed by atoms with E-state index in [2.05, 4.69) is 15.9 Å². The number of hydrogen-bond donors (Lipinski definition) is 0. The molecule has 2 rings (SSSR count). The second kappa shape index (κ2) is 5.24.